The number of aryl methyl sites for hydroxylation is 2. The fraction of sp³-hybridized carbons (Fsp3) is 0.208. The SMILES string of the molecule is Cc1ccc2sc(N(Cc3ccccn3)C(=O)c3ccc4c(c3)OCCO4)nc2c1C. The third-order valence-electron chi connectivity index (χ3n) is 5.38. The molecule has 4 aromatic rings. The number of rotatable bonds is 4. The van der Waals surface area contributed by atoms with Gasteiger partial charge in [0.05, 0.1) is 22.5 Å². The molecule has 31 heavy (non-hydrogen) atoms. The van der Waals surface area contributed by atoms with Crippen LogP contribution in [0.5, 0.6) is 11.5 Å². The van der Waals surface area contributed by atoms with E-state index in [1.807, 2.05) is 18.2 Å². The summed E-state index contributed by atoms with van der Waals surface area (Å²) < 4.78 is 12.3. The molecule has 5 rings (SSSR count). The van der Waals surface area contributed by atoms with Gasteiger partial charge in [-0.25, -0.2) is 4.98 Å². The minimum atomic E-state index is -0.156. The van der Waals surface area contributed by atoms with E-state index >= 15 is 0 Å². The van der Waals surface area contributed by atoms with Gasteiger partial charge in [-0.15, -0.1) is 0 Å². The predicted octanol–water partition coefficient (Wildman–Crippen LogP) is 4.93. The van der Waals surface area contributed by atoms with Gasteiger partial charge in [0.2, 0.25) is 0 Å². The van der Waals surface area contributed by atoms with Gasteiger partial charge in [-0.3, -0.25) is 14.7 Å². The second kappa shape index (κ2) is 8.00. The van der Waals surface area contributed by atoms with Crippen LogP contribution in [-0.2, 0) is 6.54 Å². The molecule has 1 amide bonds. The van der Waals surface area contributed by atoms with Crippen molar-refractivity contribution in [2.75, 3.05) is 18.1 Å². The molecule has 1 aliphatic heterocycles. The smallest absolute Gasteiger partial charge is 0.260 e. The predicted molar refractivity (Wildman–Crippen MR) is 121 cm³/mol. The molecule has 0 saturated heterocycles. The molecular formula is C24H21N3O3S. The van der Waals surface area contributed by atoms with Crippen LogP contribution in [0, 0.1) is 13.8 Å². The number of hydrogen-bond donors (Lipinski definition) is 0. The lowest BCUT2D eigenvalue weighted by atomic mass is 10.1. The van der Waals surface area contributed by atoms with Gasteiger partial charge in [-0.1, -0.05) is 23.5 Å². The van der Waals surface area contributed by atoms with Crippen LogP contribution >= 0.6 is 11.3 Å². The number of benzene rings is 2. The van der Waals surface area contributed by atoms with Gasteiger partial charge in [0.25, 0.3) is 5.91 Å². The monoisotopic (exact) mass is 431 g/mol. The molecule has 0 atom stereocenters. The van der Waals surface area contributed by atoms with Crippen molar-refractivity contribution >= 4 is 32.6 Å². The molecule has 0 fully saturated rings. The first kappa shape index (κ1) is 19.5. The molecule has 0 N–H and O–H groups in total. The highest BCUT2D eigenvalue weighted by Gasteiger charge is 2.24. The highest BCUT2D eigenvalue weighted by molar-refractivity contribution is 7.22. The molecule has 3 heterocycles. The Labute approximate surface area is 184 Å². The summed E-state index contributed by atoms with van der Waals surface area (Å²) in [7, 11) is 0. The zero-order valence-electron chi connectivity index (χ0n) is 17.3. The number of aromatic nitrogens is 2. The third kappa shape index (κ3) is 3.72. The number of anilines is 1. The van der Waals surface area contributed by atoms with Crippen LogP contribution in [0.2, 0.25) is 0 Å². The van der Waals surface area contributed by atoms with Crippen LogP contribution < -0.4 is 14.4 Å². The van der Waals surface area contributed by atoms with Crippen molar-refractivity contribution in [3.05, 3.63) is 77.1 Å². The van der Waals surface area contributed by atoms with Crippen LogP contribution in [0.15, 0.2) is 54.7 Å². The molecule has 6 nitrogen and oxygen atoms in total. The largest absolute Gasteiger partial charge is 0.486 e. The quantitative estimate of drug-likeness (QED) is 0.459. The van der Waals surface area contributed by atoms with Crippen molar-refractivity contribution in [1.82, 2.24) is 9.97 Å². The minimum absolute atomic E-state index is 0.156. The van der Waals surface area contributed by atoms with Crippen LogP contribution in [-0.4, -0.2) is 29.1 Å². The first-order chi connectivity index (χ1) is 15.1. The molecule has 0 unspecified atom stereocenters. The Morgan fingerprint density at radius 2 is 1.90 bits per heavy atom. The first-order valence-electron chi connectivity index (χ1n) is 10.1. The second-order valence-electron chi connectivity index (χ2n) is 7.42. The van der Waals surface area contributed by atoms with E-state index in [0.29, 0.717) is 42.0 Å². The van der Waals surface area contributed by atoms with E-state index in [4.69, 9.17) is 14.5 Å². The minimum Gasteiger partial charge on any atom is -0.486 e. The molecule has 0 aliphatic carbocycles. The number of thiazole rings is 1. The lowest BCUT2D eigenvalue weighted by molar-refractivity contribution is 0.0983. The van der Waals surface area contributed by atoms with E-state index in [0.717, 1.165) is 21.5 Å². The average Bonchev–Trinajstić information content (AvgIpc) is 3.25. The lowest BCUT2D eigenvalue weighted by Gasteiger charge is -2.22. The summed E-state index contributed by atoms with van der Waals surface area (Å²) in [6.45, 7) is 5.44. The number of ether oxygens (including phenoxy) is 2. The van der Waals surface area contributed by atoms with Crippen LogP contribution in [0.4, 0.5) is 5.13 Å². The van der Waals surface area contributed by atoms with Crippen molar-refractivity contribution in [3.8, 4) is 11.5 Å². The fourth-order valence-corrected chi connectivity index (χ4v) is 4.56. The maximum Gasteiger partial charge on any atom is 0.260 e. The Bertz CT molecular complexity index is 1270. The summed E-state index contributed by atoms with van der Waals surface area (Å²) in [6.07, 6.45) is 1.73. The number of carbonyl (C=O) groups excluding carboxylic acids is 1. The van der Waals surface area contributed by atoms with Crippen molar-refractivity contribution in [2.24, 2.45) is 0 Å². The van der Waals surface area contributed by atoms with E-state index in [1.165, 1.54) is 16.9 Å². The average molecular weight is 432 g/mol. The first-order valence-corrected chi connectivity index (χ1v) is 10.9. The van der Waals surface area contributed by atoms with Crippen molar-refractivity contribution < 1.29 is 14.3 Å². The number of carbonyl (C=O) groups is 1. The number of hydrogen-bond acceptors (Lipinski definition) is 6. The van der Waals surface area contributed by atoms with Gasteiger partial charge in [0.15, 0.2) is 16.6 Å². The molecule has 0 spiro atoms. The summed E-state index contributed by atoms with van der Waals surface area (Å²) in [5.74, 6) is 1.09. The van der Waals surface area contributed by atoms with Crippen LogP contribution in [0.1, 0.15) is 27.2 Å². The summed E-state index contributed by atoms with van der Waals surface area (Å²) in [5.41, 5.74) is 4.55. The Morgan fingerprint density at radius 3 is 2.71 bits per heavy atom. The summed E-state index contributed by atoms with van der Waals surface area (Å²) >= 11 is 1.51. The Kier molecular flexibility index (Phi) is 5.03. The maximum absolute atomic E-state index is 13.6. The van der Waals surface area contributed by atoms with Crippen molar-refractivity contribution in [3.63, 3.8) is 0 Å². The van der Waals surface area contributed by atoms with E-state index in [-0.39, 0.29) is 5.91 Å². The topological polar surface area (TPSA) is 64.6 Å². The molecule has 2 aromatic carbocycles. The second-order valence-corrected chi connectivity index (χ2v) is 8.43. The van der Waals surface area contributed by atoms with Gasteiger partial charge >= 0.3 is 0 Å². The maximum atomic E-state index is 13.6. The van der Waals surface area contributed by atoms with E-state index < -0.39 is 0 Å². The third-order valence-corrected chi connectivity index (χ3v) is 6.43. The molecule has 2 aromatic heterocycles. The molecule has 0 radical (unpaired) electrons. The number of nitrogens with zero attached hydrogens (tertiary/aromatic N) is 3. The van der Waals surface area contributed by atoms with E-state index in [1.54, 1.807) is 29.3 Å². The Morgan fingerprint density at radius 1 is 1.06 bits per heavy atom. The van der Waals surface area contributed by atoms with E-state index in [2.05, 4.69) is 31.0 Å². The number of fused-ring (bicyclic) bond motifs is 2. The van der Waals surface area contributed by atoms with Crippen molar-refractivity contribution in [2.45, 2.75) is 20.4 Å². The summed E-state index contributed by atoms with van der Waals surface area (Å²) in [5, 5.41) is 0.647. The molecule has 156 valence electrons. The molecule has 0 saturated carbocycles. The molecule has 1 aliphatic rings. The summed E-state index contributed by atoms with van der Waals surface area (Å²) in [6, 6.07) is 15.1. The standard InChI is InChI=1S/C24H21N3O3S/c1-15-6-9-21-22(16(15)2)26-24(31-21)27(14-18-5-3-4-10-25-18)23(28)17-7-8-19-20(13-17)30-12-11-29-19/h3-10,13H,11-12,14H2,1-2H3. The summed E-state index contributed by atoms with van der Waals surface area (Å²) in [4.78, 5) is 24.6. The van der Waals surface area contributed by atoms with Crippen LogP contribution in [0.25, 0.3) is 10.2 Å². The van der Waals surface area contributed by atoms with Crippen molar-refractivity contribution in [1.29, 1.82) is 0 Å². The van der Waals surface area contributed by atoms with E-state index in [9.17, 15) is 4.79 Å². The zero-order chi connectivity index (χ0) is 21.4. The molecular weight excluding hydrogens is 410 g/mol. The highest BCUT2D eigenvalue weighted by atomic mass is 32.1. The zero-order valence-corrected chi connectivity index (χ0v) is 18.1. The van der Waals surface area contributed by atoms with Gasteiger partial charge in [-0.05, 0) is 61.4 Å². The molecule has 7 heteroatoms. The lowest BCUT2D eigenvalue weighted by Crippen LogP contribution is -2.31. The Hall–Kier alpha value is -3.45. The van der Waals surface area contributed by atoms with Gasteiger partial charge in [-0.2, -0.15) is 0 Å². The van der Waals surface area contributed by atoms with Gasteiger partial charge in [0.1, 0.15) is 13.2 Å². The van der Waals surface area contributed by atoms with Gasteiger partial charge in [0, 0.05) is 11.8 Å². The normalized spacial score (nSPS) is 12.7. The number of pyridine rings is 1. The fourth-order valence-electron chi connectivity index (χ4n) is 3.54. The van der Waals surface area contributed by atoms with Gasteiger partial charge < -0.3 is 9.47 Å². The highest BCUT2D eigenvalue weighted by Crippen LogP contribution is 2.35. The van der Waals surface area contributed by atoms with Crippen LogP contribution in [0.3, 0.4) is 0 Å². The molecule has 0 bridgehead atoms. The number of amides is 1. The Balaban J connectivity index is 1.57.